The normalized spacial score (nSPS) is 10.2. The van der Waals surface area contributed by atoms with Gasteiger partial charge in [0, 0.05) is 35.8 Å². The number of hydrogen-bond donors (Lipinski definition) is 2. The van der Waals surface area contributed by atoms with Crippen LogP contribution in [0.4, 0.5) is 17.1 Å². The highest BCUT2D eigenvalue weighted by atomic mass is 35.5. The molecule has 0 radical (unpaired) electrons. The molecule has 2 aromatic carbocycles. The van der Waals surface area contributed by atoms with Crippen molar-refractivity contribution in [1.82, 2.24) is 0 Å². The summed E-state index contributed by atoms with van der Waals surface area (Å²) in [4.78, 5) is 22.2. The number of benzene rings is 2. The summed E-state index contributed by atoms with van der Waals surface area (Å²) < 4.78 is 5.18. The standard InChI is InChI=1S/C17H18ClN3O4/c1-25-16-9-4-12(18)11-15(16)20-17(22)3-2-10-19-13-5-7-14(8-6-13)21(23)24/h4-9,11,19H,2-3,10H2,1H3,(H,20,22). The maximum atomic E-state index is 12.0. The molecule has 7 nitrogen and oxygen atoms in total. The number of methoxy groups -OCH3 is 1. The molecule has 2 rings (SSSR count). The van der Waals surface area contributed by atoms with Crippen molar-refractivity contribution < 1.29 is 14.5 Å². The summed E-state index contributed by atoms with van der Waals surface area (Å²) in [5.41, 5.74) is 1.34. The lowest BCUT2D eigenvalue weighted by Crippen LogP contribution is -2.14. The lowest BCUT2D eigenvalue weighted by Gasteiger charge is -2.11. The quantitative estimate of drug-likeness (QED) is 0.418. The molecule has 2 aromatic rings. The second-order valence-corrected chi connectivity index (χ2v) is 5.66. The molecule has 0 heterocycles. The molecule has 25 heavy (non-hydrogen) atoms. The van der Waals surface area contributed by atoms with Gasteiger partial charge < -0.3 is 15.4 Å². The number of non-ortho nitro benzene ring substituents is 1. The number of anilines is 2. The van der Waals surface area contributed by atoms with Gasteiger partial charge in [-0.2, -0.15) is 0 Å². The number of hydrogen-bond acceptors (Lipinski definition) is 5. The van der Waals surface area contributed by atoms with Gasteiger partial charge in [-0.3, -0.25) is 14.9 Å². The number of amides is 1. The second kappa shape index (κ2) is 8.89. The van der Waals surface area contributed by atoms with Crippen LogP contribution in [0.1, 0.15) is 12.8 Å². The molecule has 8 heteroatoms. The Balaban J connectivity index is 1.77. The van der Waals surface area contributed by atoms with Crippen molar-refractivity contribution in [1.29, 1.82) is 0 Å². The molecule has 0 saturated heterocycles. The van der Waals surface area contributed by atoms with Crippen molar-refractivity contribution in [3.05, 3.63) is 57.6 Å². The first-order chi connectivity index (χ1) is 12.0. The summed E-state index contributed by atoms with van der Waals surface area (Å²) in [5.74, 6) is 0.396. The average Bonchev–Trinajstić information content (AvgIpc) is 2.59. The number of halogens is 1. The Morgan fingerprint density at radius 2 is 1.96 bits per heavy atom. The molecular weight excluding hydrogens is 346 g/mol. The van der Waals surface area contributed by atoms with Crippen molar-refractivity contribution >= 4 is 34.6 Å². The van der Waals surface area contributed by atoms with Crippen LogP contribution in [0.15, 0.2) is 42.5 Å². The van der Waals surface area contributed by atoms with Crippen molar-refractivity contribution in [2.45, 2.75) is 12.8 Å². The third kappa shape index (κ3) is 5.65. The van der Waals surface area contributed by atoms with Crippen molar-refractivity contribution in [2.75, 3.05) is 24.3 Å². The SMILES string of the molecule is COc1ccc(Cl)cc1NC(=O)CCCNc1ccc([N+](=O)[O-])cc1. The molecular formula is C17H18ClN3O4. The Morgan fingerprint density at radius 1 is 1.24 bits per heavy atom. The van der Waals surface area contributed by atoms with E-state index in [0.717, 1.165) is 5.69 Å². The third-order valence-electron chi connectivity index (χ3n) is 3.42. The summed E-state index contributed by atoms with van der Waals surface area (Å²) >= 11 is 5.92. The number of nitro benzene ring substituents is 1. The fourth-order valence-corrected chi connectivity index (χ4v) is 2.35. The maximum Gasteiger partial charge on any atom is 0.269 e. The largest absolute Gasteiger partial charge is 0.495 e. The smallest absolute Gasteiger partial charge is 0.269 e. The molecule has 0 fully saturated rings. The van der Waals surface area contributed by atoms with Crippen LogP contribution in [-0.4, -0.2) is 24.5 Å². The van der Waals surface area contributed by atoms with Crippen molar-refractivity contribution in [3.8, 4) is 5.75 Å². The predicted octanol–water partition coefficient (Wildman–Crippen LogP) is 4.09. The van der Waals surface area contributed by atoms with Gasteiger partial charge in [0.2, 0.25) is 5.91 Å². The number of rotatable bonds is 8. The summed E-state index contributed by atoms with van der Waals surface area (Å²) in [5, 5.41) is 17.0. The number of nitrogens with one attached hydrogen (secondary N) is 2. The molecule has 0 unspecified atom stereocenters. The van der Waals surface area contributed by atoms with Crippen molar-refractivity contribution in [3.63, 3.8) is 0 Å². The van der Waals surface area contributed by atoms with E-state index in [1.165, 1.54) is 19.2 Å². The number of carbonyl (C=O) groups excluding carboxylic acids is 1. The Bertz CT molecular complexity index is 750. The van der Waals surface area contributed by atoms with Gasteiger partial charge in [-0.15, -0.1) is 0 Å². The van der Waals surface area contributed by atoms with Gasteiger partial charge in [0.1, 0.15) is 5.75 Å². The van der Waals surface area contributed by atoms with E-state index in [0.29, 0.717) is 35.8 Å². The van der Waals surface area contributed by atoms with E-state index in [1.807, 2.05) is 0 Å². The van der Waals surface area contributed by atoms with E-state index in [2.05, 4.69) is 10.6 Å². The van der Waals surface area contributed by atoms with Crippen LogP contribution in [-0.2, 0) is 4.79 Å². The molecule has 0 aromatic heterocycles. The van der Waals surface area contributed by atoms with E-state index in [9.17, 15) is 14.9 Å². The Labute approximate surface area is 150 Å². The van der Waals surface area contributed by atoms with E-state index in [4.69, 9.17) is 16.3 Å². The fourth-order valence-electron chi connectivity index (χ4n) is 2.17. The summed E-state index contributed by atoms with van der Waals surface area (Å²) in [6.45, 7) is 0.567. The first-order valence-corrected chi connectivity index (χ1v) is 7.99. The molecule has 132 valence electrons. The van der Waals surface area contributed by atoms with Crippen LogP contribution >= 0.6 is 11.6 Å². The topological polar surface area (TPSA) is 93.5 Å². The van der Waals surface area contributed by atoms with E-state index < -0.39 is 4.92 Å². The van der Waals surface area contributed by atoms with E-state index in [-0.39, 0.29) is 11.6 Å². The minimum absolute atomic E-state index is 0.0420. The first kappa shape index (κ1) is 18.5. The molecule has 0 saturated carbocycles. The number of carbonyl (C=O) groups is 1. The van der Waals surface area contributed by atoms with Crippen LogP contribution in [0, 0.1) is 10.1 Å². The van der Waals surface area contributed by atoms with Gasteiger partial charge in [-0.25, -0.2) is 0 Å². The summed E-state index contributed by atoms with van der Waals surface area (Å²) in [6.07, 6.45) is 0.918. The van der Waals surface area contributed by atoms with Crippen LogP contribution in [0.3, 0.4) is 0 Å². The zero-order chi connectivity index (χ0) is 18.2. The number of nitrogens with zero attached hydrogens (tertiary/aromatic N) is 1. The number of ether oxygens (including phenoxy) is 1. The molecule has 1 amide bonds. The number of nitro groups is 1. The Morgan fingerprint density at radius 3 is 2.60 bits per heavy atom. The van der Waals surface area contributed by atoms with Gasteiger partial charge >= 0.3 is 0 Å². The molecule has 0 atom stereocenters. The molecule has 0 spiro atoms. The second-order valence-electron chi connectivity index (χ2n) is 5.23. The lowest BCUT2D eigenvalue weighted by molar-refractivity contribution is -0.384. The van der Waals surface area contributed by atoms with Crippen LogP contribution in [0.25, 0.3) is 0 Å². The zero-order valence-corrected chi connectivity index (χ0v) is 14.4. The van der Waals surface area contributed by atoms with Crippen LogP contribution in [0.5, 0.6) is 5.75 Å². The van der Waals surface area contributed by atoms with Crippen LogP contribution < -0.4 is 15.4 Å². The highest BCUT2D eigenvalue weighted by Crippen LogP contribution is 2.27. The van der Waals surface area contributed by atoms with Gasteiger partial charge in [0.25, 0.3) is 5.69 Å². The molecule has 0 aliphatic rings. The minimum atomic E-state index is -0.446. The lowest BCUT2D eigenvalue weighted by atomic mass is 10.2. The van der Waals surface area contributed by atoms with Gasteiger partial charge in [-0.1, -0.05) is 11.6 Å². The zero-order valence-electron chi connectivity index (χ0n) is 13.6. The summed E-state index contributed by atoms with van der Waals surface area (Å²) in [7, 11) is 1.52. The maximum absolute atomic E-state index is 12.0. The summed E-state index contributed by atoms with van der Waals surface area (Å²) in [6, 6.07) is 11.1. The predicted molar refractivity (Wildman–Crippen MR) is 97.5 cm³/mol. The van der Waals surface area contributed by atoms with Crippen LogP contribution in [0.2, 0.25) is 5.02 Å². The fraction of sp³-hybridized carbons (Fsp3) is 0.235. The van der Waals surface area contributed by atoms with Gasteiger partial charge in [0.15, 0.2) is 0 Å². The first-order valence-electron chi connectivity index (χ1n) is 7.61. The van der Waals surface area contributed by atoms with E-state index >= 15 is 0 Å². The Hall–Kier alpha value is -2.80. The highest BCUT2D eigenvalue weighted by Gasteiger charge is 2.08. The highest BCUT2D eigenvalue weighted by molar-refractivity contribution is 6.31. The monoisotopic (exact) mass is 363 g/mol. The van der Waals surface area contributed by atoms with Gasteiger partial charge in [0.05, 0.1) is 17.7 Å². The Kier molecular flexibility index (Phi) is 6.59. The average molecular weight is 364 g/mol. The molecule has 0 bridgehead atoms. The minimum Gasteiger partial charge on any atom is -0.495 e. The van der Waals surface area contributed by atoms with Crippen molar-refractivity contribution in [2.24, 2.45) is 0 Å². The van der Waals surface area contributed by atoms with E-state index in [1.54, 1.807) is 30.3 Å². The van der Waals surface area contributed by atoms with Gasteiger partial charge in [-0.05, 0) is 36.8 Å². The molecule has 2 N–H and O–H groups in total. The third-order valence-corrected chi connectivity index (χ3v) is 3.66. The molecule has 0 aliphatic heterocycles. The molecule has 0 aliphatic carbocycles.